The molecule has 2 aromatic rings. The smallest absolute Gasteiger partial charge is 0.262 e. The van der Waals surface area contributed by atoms with Gasteiger partial charge in [-0.3, -0.25) is 4.79 Å². The Kier molecular flexibility index (Phi) is 5.17. The van der Waals surface area contributed by atoms with Crippen molar-refractivity contribution in [3.05, 3.63) is 54.1 Å². The zero-order valence-electron chi connectivity index (χ0n) is 11.7. The van der Waals surface area contributed by atoms with Gasteiger partial charge in [0.1, 0.15) is 11.5 Å². The van der Waals surface area contributed by atoms with Gasteiger partial charge in [0.05, 0.1) is 13.7 Å². The number of carbonyl (C=O) groups excluding carboxylic acids is 1. The molecule has 0 saturated carbocycles. The molecule has 110 valence electrons. The molecule has 0 fully saturated rings. The lowest BCUT2D eigenvalue weighted by atomic mass is 10.2. The van der Waals surface area contributed by atoms with Crippen molar-refractivity contribution in [2.45, 2.75) is 6.61 Å². The van der Waals surface area contributed by atoms with E-state index in [9.17, 15) is 4.79 Å². The average molecular weight is 287 g/mol. The van der Waals surface area contributed by atoms with Crippen LogP contribution in [0.15, 0.2) is 48.5 Å². The fourth-order valence-corrected chi connectivity index (χ4v) is 1.77. The predicted octanol–water partition coefficient (Wildman–Crippen LogP) is 2.21. The SMILES string of the molecule is COc1ccc(OCC(=O)Nc2cccc(CO)c2)cc1. The van der Waals surface area contributed by atoms with E-state index in [0.29, 0.717) is 11.4 Å². The molecule has 0 aliphatic carbocycles. The van der Waals surface area contributed by atoms with Crippen molar-refractivity contribution in [3.63, 3.8) is 0 Å². The molecular weight excluding hydrogens is 270 g/mol. The molecule has 0 bridgehead atoms. The Morgan fingerprint density at radius 3 is 2.52 bits per heavy atom. The number of amides is 1. The van der Waals surface area contributed by atoms with E-state index < -0.39 is 0 Å². The highest BCUT2D eigenvalue weighted by Gasteiger charge is 2.04. The van der Waals surface area contributed by atoms with Crippen LogP contribution in [0.5, 0.6) is 11.5 Å². The lowest BCUT2D eigenvalue weighted by molar-refractivity contribution is -0.118. The van der Waals surface area contributed by atoms with Gasteiger partial charge < -0.3 is 19.9 Å². The molecule has 5 heteroatoms. The summed E-state index contributed by atoms with van der Waals surface area (Å²) in [5, 5.41) is 11.8. The maximum absolute atomic E-state index is 11.8. The molecule has 0 radical (unpaired) electrons. The van der Waals surface area contributed by atoms with Crippen molar-refractivity contribution >= 4 is 11.6 Å². The van der Waals surface area contributed by atoms with Gasteiger partial charge in [0.25, 0.3) is 5.91 Å². The first-order chi connectivity index (χ1) is 10.2. The van der Waals surface area contributed by atoms with Gasteiger partial charge in [-0.25, -0.2) is 0 Å². The Morgan fingerprint density at radius 2 is 1.86 bits per heavy atom. The second kappa shape index (κ2) is 7.31. The summed E-state index contributed by atoms with van der Waals surface area (Å²) in [5.74, 6) is 1.06. The molecule has 2 N–H and O–H groups in total. The third-order valence-corrected chi connectivity index (χ3v) is 2.82. The number of nitrogens with one attached hydrogen (secondary N) is 1. The minimum absolute atomic E-state index is 0.0634. The first-order valence-electron chi connectivity index (χ1n) is 6.48. The van der Waals surface area contributed by atoms with Gasteiger partial charge >= 0.3 is 0 Å². The van der Waals surface area contributed by atoms with Crippen LogP contribution >= 0.6 is 0 Å². The predicted molar refractivity (Wildman–Crippen MR) is 79.5 cm³/mol. The molecule has 5 nitrogen and oxygen atoms in total. The van der Waals surface area contributed by atoms with Gasteiger partial charge in [0, 0.05) is 5.69 Å². The van der Waals surface area contributed by atoms with E-state index in [-0.39, 0.29) is 19.1 Å². The maximum atomic E-state index is 11.8. The van der Waals surface area contributed by atoms with Crippen LogP contribution in [0.1, 0.15) is 5.56 Å². The summed E-state index contributed by atoms with van der Waals surface area (Å²) >= 11 is 0. The topological polar surface area (TPSA) is 67.8 Å². The summed E-state index contributed by atoms with van der Waals surface area (Å²) < 4.78 is 10.4. The number of hydrogen-bond acceptors (Lipinski definition) is 4. The molecule has 0 unspecified atom stereocenters. The summed E-state index contributed by atoms with van der Waals surface area (Å²) in [4.78, 5) is 11.8. The largest absolute Gasteiger partial charge is 0.497 e. The van der Waals surface area contributed by atoms with E-state index in [1.54, 1.807) is 55.6 Å². The Hall–Kier alpha value is -2.53. The summed E-state index contributed by atoms with van der Waals surface area (Å²) in [7, 11) is 1.59. The van der Waals surface area contributed by atoms with Crippen molar-refractivity contribution in [3.8, 4) is 11.5 Å². The number of anilines is 1. The number of ether oxygens (including phenoxy) is 2. The number of aliphatic hydroxyl groups excluding tert-OH is 1. The summed E-state index contributed by atoms with van der Waals surface area (Å²) in [5.41, 5.74) is 1.37. The number of rotatable bonds is 6. The van der Waals surface area contributed by atoms with Crippen LogP contribution in [0, 0.1) is 0 Å². The Bertz CT molecular complexity index is 595. The number of aliphatic hydroxyl groups is 1. The van der Waals surface area contributed by atoms with E-state index in [1.165, 1.54) is 0 Å². The molecule has 0 aliphatic rings. The molecule has 21 heavy (non-hydrogen) atoms. The minimum atomic E-state index is -0.263. The standard InChI is InChI=1S/C16H17NO4/c1-20-14-5-7-15(8-6-14)21-11-16(19)17-13-4-2-3-12(9-13)10-18/h2-9,18H,10-11H2,1H3,(H,17,19). The van der Waals surface area contributed by atoms with E-state index in [1.807, 2.05) is 0 Å². The highest BCUT2D eigenvalue weighted by molar-refractivity contribution is 5.91. The van der Waals surface area contributed by atoms with Crippen LogP contribution in [0.2, 0.25) is 0 Å². The van der Waals surface area contributed by atoms with Crippen LogP contribution < -0.4 is 14.8 Å². The highest BCUT2D eigenvalue weighted by atomic mass is 16.5. The third-order valence-electron chi connectivity index (χ3n) is 2.82. The van der Waals surface area contributed by atoms with E-state index in [2.05, 4.69) is 5.32 Å². The molecule has 0 aromatic heterocycles. The first kappa shape index (κ1) is 14.9. The van der Waals surface area contributed by atoms with Crippen molar-refractivity contribution in [1.82, 2.24) is 0 Å². The summed E-state index contributed by atoms with van der Waals surface area (Å²) in [6.45, 7) is -0.151. The highest BCUT2D eigenvalue weighted by Crippen LogP contribution is 2.17. The summed E-state index contributed by atoms with van der Waals surface area (Å²) in [6.07, 6.45) is 0. The van der Waals surface area contributed by atoms with Gasteiger partial charge in [0.15, 0.2) is 6.61 Å². The van der Waals surface area contributed by atoms with Gasteiger partial charge in [-0.05, 0) is 42.0 Å². The van der Waals surface area contributed by atoms with Gasteiger partial charge in [-0.1, -0.05) is 12.1 Å². The van der Waals surface area contributed by atoms with E-state index in [4.69, 9.17) is 14.6 Å². The normalized spacial score (nSPS) is 10.0. The third kappa shape index (κ3) is 4.50. The fraction of sp³-hybridized carbons (Fsp3) is 0.188. The lowest BCUT2D eigenvalue weighted by Crippen LogP contribution is -2.20. The molecule has 2 aromatic carbocycles. The quantitative estimate of drug-likeness (QED) is 0.854. The van der Waals surface area contributed by atoms with E-state index >= 15 is 0 Å². The molecule has 1 amide bonds. The fourth-order valence-electron chi connectivity index (χ4n) is 1.77. The van der Waals surface area contributed by atoms with Crippen LogP contribution in [0.4, 0.5) is 5.69 Å². The van der Waals surface area contributed by atoms with Gasteiger partial charge in [-0.2, -0.15) is 0 Å². The molecule has 0 aliphatic heterocycles. The zero-order valence-corrected chi connectivity index (χ0v) is 11.7. The Balaban J connectivity index is 1.86. The van der Waals surface area contributed by atoms with Crippen molar-refractivity contribution < 1.29 is 19.4 Å². The molecule has 0 saturated heterocycles. The molecule has 2 rings (SSSR count). The van der Waals surface area contributed by atoms with E-state index in [0.717, 1.165) is 11.3 Å². The molecule has 0 heterocycles. The lowest BCUT2D eigenvalue weighted by Gasteiger charge is -2.08. The second-order valence-corrected chi connectivity index (χ2v) is 4.37. The zero-order chi connectivity index (χ0) is 15.1. The van der Waals surface area contributed by atoms with Gasteiger partial charge in [0.2, 0.25) is 0 Å². The Labute approximate surface area is 123 Å². The van der Waals surface area contributed by atoms with Crippen molar-refractivity contribution in [1.29, 1.82) is 0 Å². The summed E-state index contributed by atoms with van der Waals surface area (Å²) in [6, 6.07) is 14.0. The van der Waals surface area contributed by atoms with Crippen LogP contribution in [-0.4, -0.2) is 24.7 Å². The second-order valence-electron chi connectivity index (χ2n) is 4.37. The van der Waals surface area contributed by atoms with Crippen LogP contribution in [0.3, 0.4) is 0 Å². The van der Waals surface area contributed by atoms with Gasteiger partial charge in [-0.15, -0.1) is 0 Å². The molecular formula is C16H17NO4. The average Bonchev–Trinajstić information content (AvgIpc) is 2.53. The number of benzene rings is 2. The minimum Gasteiger partial charge on any atom is -0.497 e. The number of hydrogen-bond donors (Lipinski definition) is 2. The monoisotopic (exact) mass is 287 g/mol. The van der Waals surface area contributed by atoms with Crippen LogP contribution in [0.25, 0.3) is 0 Å². The van der Waals surface area contributed by atoms with Crippen molar-refractivity contribution in [2.75, 3.05) is 19.0 Å². The molecule has 0 spiro atoms. The Morgan fingerprint density at radius 1 is 1.14 bits per heavy atom. The maximum Gasteiger partial charge on any atom is 0.262 e. The number of methoxy groups -OCH3 is 1. The first-order valence-corrected chi connectivity index (χ1v) is 6.48. The van der Waals surface area contributed by atoms with Crippen molar-refractivity contribution in [2.24, 2.45) is 0 Å². The van der Waals surface area contributed by atoms with Crippen LogP contribution in [-0.2, 0) is 11.4 Å². The number of carbonyl (C=O) groups is 1. The molecule has 0 atom stereocenters.